The lowest BCUT2D eigenvalue weighted by Crippen LogP contribution is -2.28. The molecule has 0 saturated carbocycles. The molecule has 0 saturated heterocycles. The molecular weight excluding hydrogens is 316 g/mol. The van der Waals surface area contributed by atoms with Crippen LogP contribution in [0.4, 0.5) is 0 Å². The van der Waals surface area contributed by atoms with Gasteiger partial charge < -0.3 is 19.0 Å². The van der Waals surface area contributed by atoms with Gasteiger partial charge in [-0.05, 0) is 41.9 Å². The van der Waals surface area contributed by atoms with Crippen molar-refractivity contribution in [1.82, 2.24) is 0 Å². The molecule has 0 aromatic heterocycles. The zero-order chi connectivity index (χ0) is 18.8. The van der Waals surface area contributed by atoms with E-state index < -0.39 is 0 Å². The smallest absolute Gasteiger partial charge is 0.123 e. The highest BCUT2D eigenvalue weighted by atomic mass is 16.5. The Morgan fingerprint density at radius 1 is 1.00 bits per heavy atom. The summed E-state index contributed by atoms with van der Waals surface area (Å²) in [5, 5.41) is 0. The molecule has 0 fully saturated rings. The number of ether oxygens (including phenoxy) is 3. The first-order valence-corrected chi connectivity index (χ1v) is 9.11. The largest absolute Gasteiger partial charge is 0.497 e. The van der Waals surface area contributed by atoms with Crippen LogP contribution in [0.2, 0.25) is 0 Å². The van der Waals surface area contributed by atoms with E-state index in [0.29, 0.717) is 31.0 Å². The van der Waals surface area contributed by atoms with Crippen LogP contribution in [0.5, 0.6) is 5.75 Å². The Hall–Kier alpha value is -1.39. The number of hydrogen-bond acceptors (Lipinski definition) is 4. The van der Waals surface area contributed by atoms with Gasteiger partial charge in [-0.15, -0.1) is 0 Å². The van der Waals surface area contributed by atoms with Crippen LogP contribution >= 0.6 is 0 Å². The molecule has 0 aliphatic carbocycles. The number of carbonyl (C=O) groups is 1. The van der Waals surface area contributed by atoms with Gasteiger partial charge in [0.15, 0.2) is 0 Å². The molecule has 0 spiro atoms. The molecule has 0 unspecified atom stereocenters. The molecule has 0 amide bonds. The monoisotopic (exact) mass is 350 g/mol. The predicted molar refractivity (Wildman–Crippen MR) is 101 cm³/mol. The molecule has 0 N–H and O–H groups in total. The number of benzene rings is 1. The van der Waals surface area contributed by atoms with Gasteiger partial charge in [0.1, 0.15) is 12.0 Å². The third-order valence-corrected chi connectivity index (χ3v) is 5.40. The molecule has 5 atom stereocenters. The summed E-state index contributed by atoms with van der Waals surface area (Å²) in [4.78, 5) is 11.0. The summed E-state index contributed by atoms with van der Waals surface area (Å²) in [5.74, 6) is 2.19. The van der Waals surface area contributed by atoms with E-state index in [4.69, 9.17) is 14.2 Å². The van der Waals surface area contributed by atoms with Crippen molar-refractivity contribution in [2.24, 2.45) is 23.7 Å². The second kappa shape index (κ2) is 11.3. The summed E-state index contributed by atoms with van der Waals surface area (Å²) >= 11 is 0. The fraction of sp³-hybridized carbons (Fsp3) is 0.667. The van der Waals surface area contributed by atoms with E-state index in [1.807, 2.05) is 31.2 Å². The zero-order valence-electron chi connectivity index (χ0n) is 16.5. The van der Waals surface area contributed by atoms with Crippen molar-refractivity contribution in [2.75, 3.05) is 20.8 Å². The van der Waals surface area contributed by atoms with Gasteiger partial charge in [-0.1, -0.05) is 39.8 Å². The summed E-state index contributed by atoms with van der Waals surface area (Å²) < 4.78 is 16.6. The molecule has 25 heavy (non-hydrogen) atoms. The normalized spacial score (nSPS) is 17.4. The van der Waals surface area contributed by atoms with Crippen LogP contribution < -0.4 is 4.74 Å². The van der Waals surface area contributed by atoms with Gasteiger partial charge in [0.25, 0.3) is 0 Å². The molecule has 4 heteroatoms. The number of aldehydes is 1. The van der Waals surface area contributed by atoms with Crippen molar-refractivity contribution < 1.29 is 19.0 Å². The highest BCUT2D eigenvalue weighted by Crippen LogP contribution is 2.29. The first-order chi connectivity index (χ1) is 11.9. The molecule has 142 valence electrons. The topological polar surface area (TPSA) is 44.8 Å². The second-order valence-electron chi connectivity index (χ2n) is 7.16. The molecular formula is C21H34O4. The van der Waals surface area contributed by atoms with Gasteiger partial charge in [-0.25, -0.2) is 0 Å². The summed E-state index contributed by atoms with van der Waals surface area (Å²) in [7, 11) is 3.37. The lowest BCUT2D eigenvalue weighted by atomic mass is 9.77. The van der Waals surface area contributed by atoms with Crippen LogP contribution in [0.1, 0.15) is 39.7 Å². The summed E-state index contributed by atoms with van der Waals surface area (Å²) in [6.07, 6.45) is 2.02. The number of carbonyl (C=O) groups excluding carboxylic acids is 1. The maximum atomic E-state index is 11.0. The van der Waals surface area contributed by atoms with Gasteiger partial charge in [0.05, 0.1) is 26.4 Å². The van der Waals surface area contributed by atoms with E-state index in [1.54, 1.807) is 14.2 Å². The van der Waals surface area contributed by atoms with Crippen LogP contribution in [0.3, 0.4) is 0 Å². The molecule has 0 aliphatic heterocycles. The molecule has 0 heterocycles. The van der Waals surface area contributed by atoms with Gasteiger partial charge in [0, 0.05) is 13.0 Å². The zero-order valence-corrected chi connectivity index (χ0v) is 16.5. The first-order valence-electron chi connectivity index (χ1n) is 9.11. The van der Waals surface area contributed by atoms with Crippen LogP contribution in [0.25, 0.3) is 0 Å². The summed E-state index contributed by atoms with van der Waals surface area (Å²) in [5.41, 5.74) is 1.12. The lowest BCUT2D eigenvalue weighted by Gasteiger charge is -2.30. The molecule has 4 nitrogen and oxygen atoms in total. The van der Waals surface area contributed by atoms with Crippen LogP contribution in [0, 0.1) is 23.7 Å². The molecule has 1 aromatic rings. The second-order valence-corrected chi connectivity index (χ2v) is 7.16. The molecule has 1 rings (SSSR count). The Morgan fingerprint density at radius 2 is 1.64 bits per heavy atom. The van der Waals surface area contributed by atoms with Crippen LogP contribution in [-0.4, -0.2) is 33.2 Å². The Kier molecular flexibility index (Phi) is 9.76. The van der Waals surface area contributed by atoms with Gasteiger partial charge >= 0.3 is 0 Å². The van der Waals surface area contributed by atoms with E-state index in [0.717, 1.165) is 24.0 Å². The number of hydrogen-bond donors (Lipinski definition) is 0. The minimum absolute atomic E-state index is 0.0447. The van der Waals surface area contributed by atoms with Crippen molar-refractivity contribution in [3.05, 3.63) is 29.8 Å². The highest BCUT2D eigenvalue weighted by Gasteiger charge is 2.26. The van der Waals surface area contributed by atoms with E-state index in [2.05, 4.69) is 20.8 Å². The average molecular weight is 350 g/mol. The van der Waals surface area contributed by atoms with Crippen molar-refractivity contribution >= 4 is 6.29 Å². The minimum atomic E-state index is 0.0447. The summed E-state index contributed by atoms with van der Waals surface area (Å²) in [6.45, 7) is 9.74. The number of rotatable bonds is 12. The van der Waals surface area contributed by atoms with E-state index in [-0.39, 0.29) is 12.0 Å². The Balaban J connectivity index is 2.58. The third-order valence-electron chi connectivity index (χ3n) is 5.40. The Bertz CT molecular complexity index is 485. The van der Waals surface area contributed by atoms with E-state index in [1.165, 1.54) is 0 Å². The number of methoxy groups -OCH3 is 2. The molecule has 1 aromatic carbocycles. The van der Waals surface area contributed by atoms with Gasteiger partial charge in [-0.3, -0.25) is 0 Å². The van der Waals surface area contributed by atoms with Gasteiger partial charge in [-0.2, -0.15) is 0 Å². The fourth-order valence-electron chi connectivity index (χ4n) is 3.06. The third kappa shape index (κ3) is 7.17. The first kappa shape index (κ1) is 21.7. The van der Waals surface area contributed by atoms with Crippen molar-refractivity contribution in [1.29, 1.82) is 0 Å². The highest BCUT2D eigenvalue weighted by molar-refractivity contribution is 5.53. The maximum absolute atomic E-state index is 11.0. The van der Waals surface area contributed by atoms with E-state index in [9.17, 15) is 4.79 Å². The average Bonchev–Trinajstić information content (AvgIpc) is 2.64. The maximum Gasteiger partial charge on any atom is 0.123 e. The molecule has 0 radical (unpaired) electrons. The van der Waals surface area contributed by atoms with Crippen molar-refractivity contribution in [2.45, 2.75) is 46.8 Å². The SMILES string of the molecule is COC[C@@H](C[C@@H](C)[C@H](C)[C@H](C)[C@@H](C)C=O)OCc1ccc(OC)cc1. The summed E-state index contributed by atoms with van der Waals surface area (Å²) in [6, 6.07) is 7.92. The van der Waals surface area contributed by atoms with Crippen LogP contribution in [0.15, 0.2) is 24.3 Å². The fourth-order valence-corrected chi connectivity index (χ4v) is 3.06. The molecule has 0 aliphatic rings. The molecule has 0 bridgehead atoms. The van der Waals surface area contributed by atoms with Crippen LogP contribution in [-0.2, 0) is 20.9 Å². The van der Waals surface area contributed by atoms with E-state index >= 15 is 0 Å². The Morgan fingerprint density at radius 3 is 2.16 bits per heavy atom. The lowest BCUT2D eigenvalue weighted by molar-refractivity contribution is -0.112. The predicted octanol–water partition coefficient (Wildman–Crippen LogP) is 4.36. The van der Waals surface area contributed by atoms with Crippen molar-refractivity contribution in [3.8, 4) is 5.75 Å². The standard InChI is InChI=1S/C21H34O4/c1-15(17(3)18(4)16(2)12-22)11-21(14-23-5)25-13-19-7-9-20(24-6)10-8-19/h7-10,12,15-18,21H,11,13-14H2,1-6H3/t15-,16+,17+,18-,21-/m1/s1. The minimum Gasteiger partial charge on any atom is -0.497 e. The van der Waals surface area contributed by atoms with Crippen molar-refractivity contribution in [3.63, 3.8) is 0 Å². The van der Waals surface area contributed by atoms with Gasteiger partial charge in [0.2, 0.25) is 0 Å². The Labute approximate surface area is 152 Å². The quantitative estimate of drug-likeness (QED) is 0.525.